The molecule has 0 fully saturated rings. The first kappa shape index (κ1) is 19.1. The molecule has 5 aromatic rings. The number of nitrogens with one attached hydrogen (secondary N) is 3. The zero-order chi connectivity index (χ0) is 21.5. The third-order valence-electron chi connectivity index (χ3n) is 4.95. The highest BCUT2D eigenvalue weighted by Crippen LogP contribution is 2.33. The average molecular weight is 435 g/mol. The molecule has 4 heterocycles. The largest absolute Gasteiger partial charge is 0.353 e. The predicted octanol–water partition coefficient (Wildman–Crippen LogP) is 4.85. The van der Waals surface area contributed by atoms with Crippen molar-refractivity contribution in [3.63, 3.8) is 0 Å². The van der Waals surface area contributed by atoms with Gasteiger partial charge < -0.3 is 19.9 Å². The molecule has 0 unspecified atom stereocenters. The van der Waals surface area contributed by atoms with Gasteiger partial charge >= 0.3 is 0 Å². The standard InChI is InChI=1S/C22H16ClFN6O/c1-30-10-19(27-11-30)20-18(28-17-5-7-26-21-13(17)4-6-25-21)9-15(22(31)29-20)14-8-12(23)2-3-16(14)24/h2-11H,1H3,(H,29,31)(H2,25,26,28). The highest BCUT2D eigenvalue weighted by Gasteiger charge is 2.17. The molecule has 7 nitrogen and oxygen atoms in total. The molecular formula is C22H16ClFN6O. The molecule has 154 valence electrons. The van der Waals surface area contributed by atoms with Gasteiger partial charge in [0, 0.05) is 41.6 Å². The molecule has 4 aromatic heterocycles. The van der Waals surface area contributed by atoms with Gasteiger partial charge in [0.1, 0.15) is 17.2 Å². The van der Waals surface area contributed by atoms with Gasteiger partial charge in [0.15, 0.2) is 0 Å². The van der Waals surface area contributed by atoms with Crippen LogP contribution in [0.15, 0.2) is 66.1 Å². The minimum absolute atomic E-state index is 0.117. The summed E-state index contributed by atoms with van der Waals surface area (Å²) in [7, 11) is 1.84. The number of benzene rings is 1. The van der Waals surface area contributed by atoms with E-state index >= 15 is 0 Å². The summed E-state index contributed by atoms with van der Waals surface area (Å²) >= 11 is 6.05. The van der Waals surface area contributed by atoms with Crippen LogP contribution < -0.4 is 10.9 Å². The van der Waals surface area contributed by atoms with Gasteiger partial charge in [-0.15, -0.1) is 0 Å². The second-order valence-corrected chi connectivity index (χ2v) is 7.51. The van der Waals surface area contributed by atoms with E-state index in [2.05, 4.69) is 25.3 Å². The number of aryl methyl sites for hydroxylation is 1. The Morgan fingerprint density at radius 2 is 1.97 bits per heavy atom. The van der Waals surface area contributed by atoms with Gasteiger partial charge in [-0.2, -0.15) is 0 Å². The highest BCUT2D eigenvalue weighted by molar-refractivity contribution is 6.30. The van der Waals surface area contributed by atoms with E-state index in [9.17, 15) is 9.18 Å². The van der Waals surface area contributed by atoms with E-state index in [0.717, 1.165) is 16.7 Å². The van der Waals surface area contributed by atoms with Crippen LogP contribution >= 0.6 is 11.6 Å². The first-order valence-corrected chi connectivity index (χ1v) is 9.77. The van der Waals surface area contributed by atoms with Crippen LogP contribution in [0.3, 0.4) is 0 Å². The van der Waals surface area contributed by atoms with Crippen molar-refractivity contribution in [2.75, 3.05) is 5.32 Å². The summed E-state index contributed by atoms with van der Waals surface area (Å²) in [6.45, 7) is 0. The lowest BCUT2D eigenvalue weighted by Crippen LogP contribution is -2.13. The number of rotatable bonds is 4. The fourth-order valence-corrected chi connectivity index (χ4v) is 3.66. The zero-order valence-corrected chi connectivity index (χ0v) is 17.0. The van der Waals surface area contributed by atoms with E-state index in [1.165, 1.54) is 18.2 Å². The van der Waals surface area contributed by atoms with Crippen LogP contribution in [0.25, 0.3) is 33.5 Å². The first-order valence-electron chi connectivity index (χ1n) is 9.40. The Balaban J connectivity index is 1.73. The fourth-order valence-electron chi connectivity index (χ4n) is 3.49. The molecule has 0 aliphatic heterocycles. The van der Waals surface area contributed by atoms with Crippen LogP contribution in [0, 0.1) is 5.82 Å². The summed E-state index contributed by atoms with van der Waals surface area (Å²) in [4.78, 5) is 27.5. The molecule has 0 aliphatic carbocycles. The second-order valence-electron chi connectivity index (χ2n) is 7.07. The van der Waals surface area contributed by atoms with Crippen molar-refractivity contribution in [1.29, 1.82) is 0 Å². The lowest BCUT2D eigenvalue weighted by Gasteiger charge is -2.14. The van der Waals surface area contributed by atoms with E-state index in [1.807, 2.05) is 19.2 Å². The van der Waals surface area contributed by atoms with Gasteiger partial charge in [0.2, 0.25) is 0 Å². The molecule has 9 heteroatoms. The van der Waals surface area contributed by atoms with E-state index in [-0.39, 0.29) is 11.1 Å². The van der Waals surface area contributed by atoms with Crippen LogP contribution in [-0.4, -0.2) is 24.5 Å². The average Bonchev–Trinajstić information content (AvgIpc) is 3.40. The SMILES string of the molecule is Cn1cnc(-c2[nH]c(=O)c(-c3cc(Cl)ccc3F)cc2Nc2ccnc3[nH]ccc23)c1. The first-order chi connectivity index (χ1) is 15.0. The van der Waals surface area contributed by atoms with Crippen molar-refractivity contribution in [1.82, 2.24) is 24.5 Å². The molecule has 0 amide bonds. The normalized spacial score (nSPS) is 11.2. The molecule has 5 rings (SSSR count). The van der Waals surface area contributed by atoms with Crippen molar-refractivity contribution in [2.24, 2.45) is 7.05 Å². The Morgan fingerprint density at radius 3 is 2.77 bits per heavy atom. The number of aromatic nitrogens is 5. The molecule has 1 aromatic carbocycles. The summed E-state index contributed by atoms with van der Waals surface area (Å²) in [5, 5.41) is 4.55. The van der Waals surface area contributed by atoms with Crippen molar-refractivity contribution >= 4 is 34.0 Å². The van der Waals surface area contributed by atoms with E-state index in [0.29, 0.717) is 22.1 Å². The number of hydrogen-bond acceptors (Lipinski definition) is 4. The smallest absolute Gasteiger partial charge is 0.256 e. The number of hydrogen-bond donors (Lipinski definition) is 3. The van der Waals surface area contributed by atoms with Gasteiger partial charge in [0.05, 0.1) is 29.0 Å². The van der Waals surface area contributed by atoms with Crippen molar-refractivity contribution in [2.45, 2.75) is 0 Å². The third kappa shape index (κ3) is 3.47. The van der Waals surface area contributed by atoms with Gasteiger partial charge in [0.25, 0.3) is 5.56 Å². The molecule has 0 bridgehead atoms. The molecule has 3 N–H and O–H groups in total. The Bertz CT molecular complexity index is 1490. The maximum Gasteiger partial charge on any atom is 0.256 e. The molecule has 0 saturated heterocycles. The Kier molecular flexibility index (Phi) is 4.56. The molecule has 0 saturated carbocycles. The van der Waals surface area contributed by atoms with Gasteiger partial charge in [-0.25, -0.2) is 14.4 Å². The Hall–Kier alpha value is -3.91. The third-order valence-corrected chi connectivity index (χ3v) is 5.19. The fraction of sp³-hybridized carbons (Fsp3) is 0.0455. The molecule has 0 atom stereocenters. The summed E-state index contributed by atoms with van der Waals surface area (Å²) in [5.41, 5.74) is 2.92. The minimum atomic E-state index is -0.539. The molecule has 31 heavy (non-hydrogen) atoms. The zero-order valence-electron chi connectivity index (χ0n) is 16.3. The highest BCUT2D eigenvalue weighted by atomic mass is 35.5. The number of fused-ring (bicyclic) bond motifs is 1. The van der Waals surface area contributed by atoms with E-state index < -0.39 is 11.4 Å². The number of halogens is 2. The topological polar surface area (TPSA) is 91.4 Å². The summed E-state index contributed by atoms with van der Waals surface area (Å²) in [5.74, 6) is -0.539. The van der Waals surface area contributed by atoms with Crippen molar-refractivity contribution in [3.8, 4) is 22.5 Å². The van der Waals surface area contributed by atoms with Crippen LogP contribution in [0.2, 0.25) is 5.02 Å². The summed E-state index contributed by atoms with van der Waals surface area (Å²) in [6, 6.07) is 9.44. The minimum Gasteiger partial charge on any atom is -0.353 e. The molecular weight excluding hydrogens is 419 g/mol. The van der Waals surface area contributed by atoms with Crippen LogP contribution in [0.4, 0.5) is 15.8 Å². The quantitative estimate of drug-likeness (QED) is 0.377. The van der Waals surface area contributed by atoms with Crippen molar-refractivity contribution in [3.05, 3.63) is 82.5 Å². The predicted molar refractivity (Wildman–Crippen MR) is 119 cm³/mol. The number of H-pyrrole nitrogens is 2. The maximum atomic E-state index is 14.5. The summed E-state index contributed by atoms with van der Waals surface area (Å²) in [6.07, 6.45) is 6.89. The number of anilines is 2. The number of pyridine rings is 2. The Labute approximate surface area is 180 Å². The van der Waals surface area contributed by atoms with Crippen LogP contribution in [0.1, 0.15) is 0 Å². The number of imidazole rings is 1. The van der Waals surface area contributed by atoms with Crippen LogP contribution in [0.5, 0.6) is 0 Å². The van der Waals surface area contributed by atoms with Crippen LogP contribution in [-0.2, 0) is 7.05 Å². The summed E-state index contributed by atoms with van der Waals surface area (Å²) < 4.78 is 16.3. The Morgan fingerprint density at radius 1 is 1.10 bits per heavy atom. The number of aromatic amines is 2. The van der Waals surface area contributed by atoms with Gasteiger partial charge in [-0.05, 0) is 36.4 Å². The molecule has 0 aliphatic rings. The van der Waals surface area contributed by atoms with E-state index in [1.54, 1.807) is 35.6 Å². The molecule has 0 radical (unpaired) electrons. The lowest BCUT2D eigenvalue weighted by molar-refractivity contribution is 0.631. The maximum absolute atomic E-state index is 14.5. The monoisotopic (exact) mass is 434 g/mol. The van der Waals surface area contributed by atoms with Crippen molar-refractivity contribution < 1.29 is 4.39 Å². The lowest BCUT2D eigenvalue weighted by atomic mass is 10.0. The number of nitrogens with zero attached hydrogens (tertiary/aromatic N) is 3. The van der Waals surface area contributed by atoms with E-state index in [4.69, 9.17) is 11.6 Å². The molecule has 0 spiro atoms. The van der Waals surface area contributed by atoms with Gasteiger partial charge in [-0.1, -0.05) is 11.6 Å². The van der Waals surface area contributed by atoms with Gasteiger partial charge in [-0.3, -0.25) is 4.79 Å². The second kappa shape index (κ2) is 7.41.